The maximum absolute atomic E-state index is 11.6. The average molecular weight is 257 g/mol. The van der Waals surface area contributed by atoms with E-state index in [1.807, 2.05) is 0 Å². The van der Waals surface area contributed by atoms with E-state index >= 15 is 0 Å². The lowest BCUT2D eigenvalue weighted by Crippen LogP contribution is -2.30. The number of halogens is 1. The van der Waals surface area contributed by atoms with Gasteiger partial charge in [0.1, 0.15) is 11.4 Å². The second-order valence-corrected chi connectivity index (χ2v) is 3.58. The molecule has 7 heteroatoms. The number of nitrogens with zero attached hydrogens (tertiary/aromatic N) is 2. The van der Waals surface area contributed by atoms with Crippen molar-refractivity contribution in [1.82, 2.24) is 0 Å². The molecule has 17 heavy (non-hydrogen) atoms. The predicted molar refractivity (Wildman–Crippen MR) is 67.6 cm³/mol. The molecule has 0 aliphatic rings. The van der Waals surface area contributed by atoms with E-state index in [2.05, 4.69) is 4.99 Å². The first-order valence-corrected chi connectivity index (χ1v) is 5.05. The van der Waals surface area contributed by atoms with Crippen LogP contribution in [0.15, 0.2) is 23.2 Å². The van der Waals surface area contributed by atoms with Gasteiger partial charge in [0.05, 0.1) is 12.1 Å². The van der Waals surface area contributed by atoms with Gasteiger partial charge in [0.15, 0.2) is 5.96 Å². The monoisotopic (exact) mass is 256 g/mol. The molecule has 6 nitrogen and oxygen atoms in total. The maximum atomic E-state index is 11.6. The maximum Gasteiger partial charge on any atom is 0.351 e. The molecule has 4 N–H and O–H groups in total. The van der Waals surface area contributed by atoms with Crippen molar-refractivity contribution in [1.29, 1.82) is 0 Å². The summed E-state index contributed by atoms with van der Waals surface area (Å²) in [6, 6.07) is 4.40. The smallest absolute Gasteiger partial charge is 0.351 e. The van der Waals surface area contributed by atoms with E-state index in [4.69, 9.17) is 27.8 Å². The van der Waals surface area contributed by atoms with Crippen molar-refractivity contribution in [2.45, 2.75) is 0 Å². The first-order valence-electron chi connectivity index (χ1n) is 4.67. The van der Waals surface area contributed by atoms with E-state index < -0.39 is 6.03 Å². The average Bonchev–Trinajstić information content (AvgIpc) is 2.26. The fourth-order valence-corrected chi connectivity index (χ4v) is 1.56. The number of hydrogen-bond acceptors (Lipinski definition) is 2. The van der Waals surface area contributed by atoms with Gasteiger partial charge < -0.3 is 16.2 Å². The Hall–Kier alpha value is -1.95. The molecule has 0 heterocycles. The second-order valence-electron chi connectivity index (χ2n) is 3.17. The highest BCUT2D eigenvalue weighted by Crippen LogP contribution is 2.35. The molecular formula is C10H13ClN4O2. The van der Waals surface area contributed by atoms with Crippen molar-refractivity contribution in [3.63, 3.8) is 0 Å². The molecule has 0 fully saturated rings. The van der Waals surface area contributed by atoms with Gasteiger partial charge >= 0.3 is 6.03 Å². The highest BCUT2D eigenvalue weighted by Gasteiger charge is 2.17. The van der Waals surface area contributed by atoms with Crippen molar-refractivity contribution < 1.29 is 9.53 Å². The minimum Gasteiger partial charge on any atom is -0.495 e. The Labute approximate surface area is 104 Å². The van der Waals surface area contributed by atoms with Crippen LogP contribution in [0, 0.1) is 0 Å². The molecule has 1 aromatic carbocycles. The number of carbonyl (C=O) groups is 1. The first-order chi connectivity index (χ1) is 7.97. The van der Waals surface area contributed by atoms with Gasteiger partial charge in [-0.1, -0.05) is 17.7 Å². The number of methoxy groups -OCH3 is 1. The molecule has 92 valence electrons. The van der Waals surface area contributed by atoms with E-state index in [0.29, 0.717) is 16.5 Å². The molecule has 0 aliphatic heterocycles. The summed E-state index contributed by atoms with van der Waals surface area (Å²) in [7, 11) is 2.98. The summed E-state index contributed by atoms with van der Waals surface area (Å²) in [6.07, 6.45) is 0. The molecular weight excluding hydrogens is 244 g/mol. The summed E-state index contributed by atoms with van der Waals surface area (Å²) in [5.74, 6) is 0.145. The number of carbonyl (C=O) groups excluding carboxylic acids is 1. The van der Waals surface area contributed by atoms with Gasteiger partial charge in [0.25, 0.3) is 0 Å². The van der Waals surface area contributed by atoms with Crippen molar-refractivity contribution in [2.24, 2.45) is 16.5 Å². The number of guanidine groups is 1. The third kappa shape index (κ3) is 3.01. The van der Waals surface area contributed by atoms with Gasteiger partial charge in [-0.2, -0.15) is 4.99 Å². The Bertz CT molecular complexity index is 458. The second kappa shape index (κ2) is 5.40. The Morgan fingerprint density at radius 2 is 2.12 bits per heavy atom. The molecule has 0 atom stereocenters. The summed E-state index contributed by atoms with van der Waals surface area (Å²) in [4.78, 5) is 16.3. The van der Waals surface area contributed by atoms with E-state index in [1.54, 1.807) is 18.2 Å². The summed E-state index contributed by atoms with van der Waals surface area (Å²) in [5, 5.41) is 0.367. The molecule has 0 aliphatic carbocycles. The Morgan fingerprint density at radius 1 is 1.47 bits per heavy atom. The molecule has 0 aromatic heterocycles. The number of ether oxygens (including phenoxy) is 1. The molecule has 1 aromatic rings. The van der Waals surface area contributed by atoms with Crippen molar-refractivity contribution in [3.05, 3.63) is 23.2 Å². The summed E-state index contributed by atoms with van der Waals surface area (Å²) in [5.41, 5.74) is 10.7. The Morgan fingerprint density at radius 3 is 2.65 bits per heavy atom. The summed E-state index contributed by atoms with van der Waals surface area (Å²) in [6.45, 7) is 0. The van der Waals surface area contributed by atoms with Gasteiger partial charge in [0.2, 0.25) is 0 Å². The number of urea groups is 1. The van der Waals surface area contributed by atoms with Crippen molar-refractivity contribution in [2.75, 3.05) is 19.1 Å². The molecule has 0 unspecified atom stereocenters. The SMILES string of the molecule is COc1cccc(Cl)c1N(C)C(=O)N=C(N)N. The van der Waals surface area contributed by atoms with Crippen LogP contribution in [0.1, 0.15) is 0 Å². The first kappa shape index (κ1) is 13.1. The molecule has 0 saturated carbocycles. The van der Waals surface area contributed by atoms with Crippen molar-refractivity contribution in [3.8, 4) is 5.75 Å². The number of benzene rings is 1. The number of amides is 2. The van der Waals surface area contributed by atoms with E-state index in [-0.39, 0.29) is 5.96 Å². The van der Waals surface area contributed by atoms with Gasteiger partial charge in [-0.3, -0.25) is 4.90 Å². The van der Waals surface area contributed by atoms with Gasteiger partial charge in [-0.25, -0.2) is 4.79 Å². The van der Waals surface area contributed by atoms with Crippen molar-refractivity contribution >= 4 is 29.3 Å². The minimum absolute atomic E-state index is 0.312. The number of rotatable bonds is 2. The predicted octanol–water partition coefficient (Wildman–Crippen LogP) is 1.18. The quantitative estimate of drug-likeness (QED) is 0.614. The number of anilines is 1. The van der Waals surface area contributed by atoms with Crippen LogP contribution in [0.2, 0.25) is 5.02 Å². The lowest BCUT2D eigenvalue weighted by atomic mass is 10.2. The van der Waals surface area contributed by atoms with Crippen LogP contribution >= 0.6 is 11.6 Å². The third-order valence-corrected chi connectivity index (χ3v) is 2.32. The number of hydrogen-bond donors (Lipinski definition) is 2. The molecule has 0 radical (unpaired) electrons. The zero-order chi connectivity index (χ0) is 13.0. The summed E-state index contributed by atoms with van der Waals surface area (Å²) >= 11 is 6.00. The Kier molecular flexibility index (Phi) is 4.17. The number of para-hydroxylation sites is 1. The highest BCUT2D eigenvalue weighted by atomic mass is 35.5. The molecule has 0 saturated heterocycles. The topological polar surface area (TPSA) is 93.9 Å². The molecule has 0 spiro atoms. The fraction of sp³-hybridized carbons (Fsp3) is 0.200. The third-order valence-electron chi connectivity index (χ3n) is 2.02. The fourth-order valence-electron chi connectivity index (χ4n) is 1.27. The normalized spacial score (nSPS) is 9.59. The van der Waals surface area contributed by atoms with Crippen LogP contribution in [-0.4, -0.2) is 26.1 Å². The summed E-state index contributed by atoms with van der Waals surface area (Å²) < 4.78 is 5.11. The van der Waals surface area contributed by atoms with E-state index in [1.165, 1.54) is 19.1 Å². The zero-order valence-electron chi connectivity index (χ0n) is 9.48. The van der Waals surface area contributed by atoms with Gasteiger partial charge in [-0.05, 0) is 12.1 Å². The lowest BCUT2D eigenvalue weighted by Gasteiger charge is -2.18. The number of aliphatic imine (C=N–C) groups is 1. The molecule has 0 bridgehead atoms. The van der Waals surface area contributed by atoms with Crippen LogP contribution in [-0.2, 0) is 0 Å². The van der Waals surface area contributed by atoms with Gasteiger partial charge in [-0.15, -0.1) is 0 Å². The van der Waals surface area contributed by atoms with Crippen LogP contribution in [0.3, 0.4) is 0 Å². The van der Waals surface area contributed by atoms with E-state index in [0.717, 1.165) is 0 Å². The van der Waals surface area contributed by atoms with E-state index in [9.17, 15) is 4.79 Å². The van der Waals surface area contributed by atoms with Crippen LogP contribution in [0.4, 0.5) is 10.5 Å². The van der Waals surface area contributed by atoms with Crippen LogP contribution < -0.4 is 21.1 Å². The van der Waals surface area contributed by atoms with Crippen LogP contribution in [0.25, 0.3) is 0 Å². The van der Waals surface area contributed by atoms with Crippen LogP contribution in [0.5, 0.6) is 5.75 Å². The molecule has 1 rings (SSSR count). The minimum atomic E-state index is -0.628. The highest BCUT2D eigenvalue weighted by molar-refractivity contribution is 6.34. The standard InChI is InChI=1S/C10H13ClN4O2/c1-15(10(16)14-9(12)13)8-6(11)4-3-5-7(8)17-2/h3-5H,1-2H3,(H4,12,13,14,16). The largest absolute Gasteiger partial charge is 0.495 e. The lowest BCUT2D eigenvalue weighted by molar-refractivity contribution is 0.255. The Balaban J connectivity index is 3.15. The number of nitrogens with two attached hydrogens (primary N) is 2. The zero-order valence-corrected chi connectivity index (χ0v) is 10.2. The molecule has 2 amide bonds. The van der Waals surface area contributed by atoms with Gasteiger partial charge in [0, 0.05) is 7.05 Å².